The van der Waals surface area contributed by atoms with Gasteiger partial charge in [0.05, 0.1) is 5.52 Å². The highest BCUT2D eigenvalue weighted by atomic mass is 32.1. The van der Waals surface area contributed by atoms with Crippen molar-refractivity contribution >= 4 is 34.2 Å². The summed E-state index contributed by atoms with van der Waals surface area (Å²) in [5.41, 5.74) is 5.78. The van der Waals surface area contributed by atoms with Gasteiger partial charge in [-0.2, -0.15) is 0 Å². The molecule has 1 aromatic carbocycles. The van der Waals surface area contributed by atoms with E-state index in [1.54, 1.807) is 39.0 Å². The third-order valence-electron chi connectivity index (χ3n) is 3.64. The van der Waals surface area contributed by atoms with E-state index in [1.165, 1.54) is 16.1 Å². The number of hydrogen-bond donors (Lipinski definition) is 2. The second kappa shape index (κ2) is 6.54. The summed E-state index contributed by atoms with van der Waals surface area (Å²) in [6, 6.07) is 7.19. The minimum Gasteiger partial charge on any atom is -0.443 e. The van der Waals surface area contributed by atoms with Crippen molar-refractivity contribution in [2.24, 2.45) is 5.73 Å². The van der Waals surface area contributed by atoms with Crippen LogP contribution in [-0.4, -0.2) is 32.3 Å². The average Bonchev–Trinajstić information content (AvgIpc) is 3.18. The molecule has 136 valence electrons. The minimum atomic E-state index is -1.10. The molecule has 0 aliphatic carbocycles. The summed E-state index contributed by atoms with van der Waals surface area (Å²) < 4.78 is 6.80. The van der Waals surface area contributed by atoms with Crippen LogP contribution in [0.4, 0.5) is 4.79 Å². The van der Waals surface area contributed by atoms with Gasteiger partial charge >= 0.3 is 6.09 Å². The van der Waals surface area contributed by atoms with Crippen LogP contribution in [0.2, 0.25) is 0 Å². The fraction of sp³-hybridized carbons (Fsp3) is 0.278. The van der Waals surface area contributed by atoms with E-state index < -0.39 is 23.7 Å². The molecule has 2 heterocycles. The second-order valence-corrected chi connectivity index (χ2v) is 7.68. The molecule has 26 heavy (non-hydrogen) atoms. The van der Waals surface area contributed by atoms with E-state index in [1.807, 2.05) is 6.07 Å². The first kappa shape index (κ1) is 18.1. The average molecular weight is 373 g/mol. The van der Waals surface area contributed by atoms with Crippen molar-refractivity contribution in [1.29, 1.82) is 0 Å². The van der Waals surface area contributed by atoms with Crippen molar-refractivity contribution in [3.63, 3.8) is 0 Å². The number of hydrogen-bond acceptors (Lipinski definition) is 6. The topological polar surface area (TPSA) is 107 Å². The highest BCUT2D eigenvalue weighted by Crippen LogP contribution is 2.32. The van der Waals surface area contributed by atoms with E-state index in [0.717, 1.165) is 11.3 Å². The molecule has 3 rings (SSSR count). The maximum absolute atomic E-state index is 12.5. The van der Waals surface area contributed by atoms with Gasteiger partial charge in [-0.25, -0.2) is 9.78 Å². The first-order valence-corrected chi connectivity index (χ1v) is 8.82. The summed E-state index contributed by atoms with van der Waals surface area (Å²) in [7, 11) is 0. The number of carbonyl (C=O) groups is 2. The molecule has 0 spiro atoms. The summed E-state index contributed by atoms with van der Waals surface area (Å²) in [6.45, 7) is 5.35. The number of carbonyl (C=O) groups excluding carboxylic acids is 2. The predicted octanol–water partition coefficient (Wildman–Crippen LogP) is 3.06. The maximum Gasteiger partial charge on any atom is 0.419 e. The molecule has 8 heteroatoms. The summed E-state index contributed by atoms with van der Waals surface area (Å²) in [5, 5.41) is 13.3. The number of aliphatic hydroxyl groups excluding tert-OH is 1. The Hall–Kier alpha value is -2.71. The number of amides is 1. The number of rotatable bonds is 3. The number of primary amides is 1. The van der Waals surface area contributed by atoms with Gasteiger partial charge in [0, 0.05) is 22.5 Å². The SMILES string of the molecule is CC(C)(C)OC(=O)n1cc(C(O)c2nc(C(N)=O)cs2)c2ccccc21. The number of fused-ring (bicyclic) bond motifs is 1. The summed E-state index contributed by atoms with van der Waals surface area (Å²) in [5.74, 6) is -0.657. The molecule has 0 fully saturated rings. The molecule has 0 aliphatic heterocycles. The lowest BCUT2D eigenvalue weighted by Gasteiger charge is -2.19. The number of nitrogens with two attached hydrogens (primary N) is 1. The number of aromatic nitrogens is 2. The monoisotopic (exact) mass is 373 g/mol. The molecule has 0 radical (unpaired) electrons. The van der Waals surface area contributed by atoms with Crippen molar-refractivity contribution in [3.8, 4) is 0 Å². The number of nitrogens with zero attached hydrogens (tertiary/aromatic N) is 2. The Morgan fingerprint density at radius 3 is 2.62 bits per heavy atom. The van der Waals surface area contributed by atoms with Crippen LogP contribution in [0.3, 0.4) is 0 Å². The van der Waals surface area contributed by atoms with Gasteiger partial charge in [0.25, 0.3) is 5.91 Å². The van der Waals surface area contributed by atoms with Crippen molar-refractivity contribution in [2.75, 3.05) is 0 Å². The molecule has 3 aromatic rings. The lowest BCUT2D eigenvalue weighted by atomic mass is 10.1. The Labute approximate surface area is 154 Å². The Morgan fingerprint density at radius 1 is 1.31 bits per heavy atom. The zero-order chi connectivity index (χ0) is 19.1. The van der Waals surface area contributed by atoms with E-state index in [-0.39, 0.29) is 5.69 Å². The van der Waals surface area contributed by atoms with Gasteiger partial charge < -0.3 is 15.6 Å². The van der Waals surface area contributed by atoms with Crippen LogP contribution >= 0.6 is 11.3 Å². The van der Waals surface area contributed by atoms with Crippen LogP contribution in [0.15, 0.2) is 35.8 Å². The third kappa shape index (κ3) is 3.47. The lowest BCUT2D eigenvalue weighted by Crippen LogP contribution is -2.26. The van der Waals surface area contributed by atoms with Crippen LogP contribution in [0, 0.1) is 0 Å². The number of thiazole rings is 1. The zero-order valence-electron chi connectivity index (χ0n) is 14.6. The smallest absolute Gasteiger partial charge is 0.419 e. The van der Waals surface area contributed by atoms with Gasteiger partial charge in [0.2, 0.25) is 0 Å². The first-order chi connectivity index (χ1) is 12.2. The minimum absolute atomic E-state index is 0.0972. The van der Waals surface area contributed by atoms with Gasteiger partial charge in [0.1, 0.15) is 22.4 Å². The normalized spacial score (nSPS) is 12.9. The molecule has 7 nitrogen and oxygen atoms in total. The highest BCUT2D eigenvalue weighted by Gasteiger charge is 2.25. The van der Waals surface area contributed by atoms with E-state index in [4.69, 9.17) is 10.5 Å². The molecular formula is C18H19N3O4S. The Kier molecular flexibility index (Phi) is 4.55. The van der Waals surface area contributed by atoms with E-state index in [0.29, 0.717) is 21.5 Å². The first-order valence-electron chi connectivity index (χ1n) is 7.94. The number of aliphatic hydroxyl groups is 1. The van der Waals surface area contributed by atoms with Gasteiger partial charge in [-0.05, 0) is 26.8 Å². The summed E-state index contributed by atoms with van der Waals surface area (Å²) >= 11 is 1.13. The van der Waals surface area contributed by atoms with Gasteiger partial charge in [0.15, 0.2) is 0 Å². The number of benzene rings is 1. The van der Waals surface area contributed by atoms with Gasteiger partial charge in [-0.1, -0.05) is 18.2 Å². The molecule has 0 aliphatic rings. The third-order valence-corrected chi connectivity index (χ3v) is 4.53. The Bertz CT molecular complexity index is 984. The summed E-state index contributed by atoms with van der Waals surface area (Å²) in [4.78, 5) is 27.8. The largest absolute Gasteiger partial charge is 0.443 e. The summed E-state index contributed by atoms with van der Waals surface area (Å²) in [6.07, 6.45) is -0.0971. The number of para-hydroxylation sites is 1. The molecule has 0 saturated heterocycles. The maximum atomic E-state index is 12.5. The zero-order valence-corrected chi connectivity index (χ0v) is 15.4. The second-order valence-electron chi connectivity index (χ2n) is 6.79. The molecule has 2 aromatic heterocycles. The lowest BCUT2D eigenvalue weighted by molar-refractivity contribution is 0.0543. The predicted molar refractivity (Wildman–Crippen MR) is 98.3 cm³/mol. The highest BCUT2D eigenvalue weighted by molar-refractivity contribution is 7.09. The van der Waals surface area contributed by atoms with Gasteiger partial charge in [-0.3, -0.25) is 9.36 Å². The van der Waals surface area contributed by atoms with Crippen molar-refractivity contribution < 1.29 is 19.4 Å². The Morgan fingerprint density at radius 2 is 2.00 bits per heavy atom. The van der Waals surface area contributed by atoms with E-state index in [2.05, 4.69) is 4.98 Å². The quantitative estimate of drug-likeness (QED) is 0.734. The van der Waals surface area contributed by atoms with Crippen LogP contribution in [0.25, 0.3) is 10.9 Å². The molecule has 1 atom stereocenters. The van der Waals surface area contributed by atoms with Crippen molar-refractivity contribution in [2.45, 2.75) is 32.5 Å². The van der Waals surface area contributed by atoms with E-state index in [9.17, 15) is 14.7 Å². The van der Waals surface area contributed by atoms with Crippen LogP contribution in [0.1, 0.15) is 47.9 Å². The molecule has 1 unspecified atom stereocenters. The van der Waals surface area contributed by atoms with Crippen LogP contribution in [0.5, 0.6) is 0 Å². The van der Waals surface area contributed by atoms with E-state index >= 15 is 0 Å². The molecule has 1 amide bonds. The molecule has 0 saturated carbocycles. The molecule has 3 N–H and O–H groups in total. The standard InChI is InChI=1S/C18H19N3O4S/c1-18(2,3)25-17(24)21-8-11(10-6-4-5-7-13(10)21)14(22)16-20-12(9-26-16)15(19)23/h4-9,14,22H,1-3H3,(H2,19,23). The van der Waals surface area contributed by atoms with Crippen molar-refractivity contribution in [3.05, 3.63) is 52.1 Å². The molecular weight excluding hydrogens is 354 g/mol. The fourth-order valence-corrected chi connectivity index (χ4v) is 3.35. The molecule has 0 bridgehead atoms. The van der Waals surface area contributed by atoms with Crippen LogP contribution < -0.4 is 5.73 Å². The van der Waals surface area contributed by atoms with Crippen LogP contribution in [-0.2, 0) is 4.74 Å². The Balaban J connectivity index is 2.06. The fourth-order valence-electron chi connectivity index (χ4n) is 2.55. The number of ether oxygens (including phenoxy) is 1. The van der Waals surface area contributed by atoms with Crippen molar-refractivity contribution in [1.82, 2.24) is 9.55 Å². The van der Waals surface area contributed by atoms with Gasteiger partial charge in [-0.15, -0.1) is 11.3 Å².